The van der Waals surface area contributed by atoms with Crippen LogP contribution in [0.4, 0.5) is 5.69 Å². The van der Waals surface area contributed by atoms with Crippen LogP contribution in [0.3, 0.4) is 0 Å². The van der Waals surface area contributed by atoms with E-state index in [-0.39, 0.29) is 5.91 Å². The monoisotopic (exact) mass is 384 g/mol. The molecule has 0 aliphatic rings. The molecule has 1 aromatic heterocycles. The van der Waals surface area contributed by atoms with E-state index in [0.717, 1.165) is 27.4 Å². The number of fused-ring (bicyclic) bond motifs is 1. The highest BCUT2D eigenvalue weighted by atomic mass is 35.5. The fourth-order valence-corrected chi connectivity index (χ4v) is 3.90. The minimum absolute atomic E-state index is 0.0689. The lowest BCUT2D eigenvalue weighted by molar-refractivity contribution is -0.113. The molecule has 3 rings (SSSR count). The second kappa shape index (κ2) is 7.68. The summed E-state index contributed by atoms with van der Waals surface area (Å²) in [6.45, 7) is 8.15. The molecule has 0 saturated heterocycles. The number of aromatic nitrogens is 1. The number of halogens is 1. The summed E-state index contributed by atoms with van der Waals surface area (Å²) in [7, 11) is 0. The van der Waals surface area contributed by atoms with Gasteiger partial charge in [-0.2, -0.15) is 0 Å². The number of nitrogens with one attached hydrogen (secondary N) is 1. The lowest BCUT2D eigenvalue weighted by Gasteiger charge is -2.11. The molecule has 0 saturated carbocycles. The predicted octanol–water partition coefficient (Wildman–Crippen LogP) is 5.85. The van der Waals surface area contributed by atoms with Crippen molar-refractivity contribution in [2.45, 2.75) is 32.7 Å². The van der Waals surface area contributed by atoms with E-state index in [4.69, 9.17) is 16.6 Å². The van der Waals surface area contributed by atoms with Crippen molar-refractivity contribution in [3.63, 3.8) is 0 Å². The number of aryl methyl sites for hydroxylation is 3. The zero-order chi connectivity index (χ0) is 18.8. The standard InChI is InChI=1S/C21H21ClN2OS/c1-12-8-14(3)21-16(9-12)13(2)10-20(24-21)26-11-19(25)23-18-7-5-6-17(22)15(18)4/h5-10H,11H2,1-4H3,(H,23,25). The molecule has 3 aromatic rings. The zero-order valence-electron chi connectivity index (χ0n) is 15.3. The molecule has 5 heteroatoms. The molecule has 1 heterocycles. The van der Waals surface area contributed by atoms with E-state index in [0.29, 0.717) is 10.8 Å². The number of thioether (sulfide) groups is 1. The van der Waals surface area contributed by atoms with E-state index in [1.807, 2.05) is 31.2 Å². The first kappa shape index (κ1) is 18.7. The largest absolute Gasteiger partial charge is 0.325 e. The van der Waals surface area contributed by atoms with Crippen molar-refractivity contribution in [1.29, 1.82) is 0 Å². The Morgan fingerprint density at radius 2 is 1.88 bits per heavy atom. The van der Waals surface area contributed by atoms with Crippen LogP contribution in [0.25, 0.3) is 10.9 Å². The van der Waals surface area contributed by atoms with E-state index in [1.54, 1.807) is 0 Å². The SMILES string of the molecule is Cc1cc(C)c2nc(SCC(=O)Nc3cccc(Cl)c3C)cc(C)c2c1. The molecule has 134 valence electrons. The predicted molar refractivity (Wildman–Crippen MR) is 111 cm³/mol. The summed E-state index contributed by atoms with van der Waals surface area (Å²) >= 11 is 7.55. The summed E-state index contributed by atoms with van der Waals surface area (Å²) in [5.74, 6) is 0.231. The maximum Gasteiger partial charge on any atom is 0.234 e. The molecule has 0 aliphatic heterocycles. The van der Waals surface area contributed by atoms with Gasteiger partial charge >= 0.3 is 0 Å². The summed E-state index contributed by atoms with van der Waals surface area (Å²) < 4.78 is 0. The van der Waals surface area contributed by atoms with Crippen molar-refractivity contribution in [1.82, 2.24) is 4.98 Å². The first-order valence-corrected chi connectivity index (χ1v) is 9.78. The highest BCUT2D eigenvalue weighted by Gasteiger charge is 2.10. The number of carbonyl (C=O) groups excluding carboxylic acids is 1. The van der Waals surface area contributed by atoms with Gasteiger partial charge in [-0.15, -0.1) is 0 Å². The third-order valence-corrected chi connectivity index (χ3v) is 5.65. The Kier molecular flexibility index (Phi) is 5.54. The van der Waals surface area contributed by atoms with Gasteiger partial charge in [-0.05, 0) is 68.7 Å². The number of carbonyl (C=O) groups is 1. The molecule has 26 heavy (non-hydrogen) atoms. The minimum atomic E-state index is -0.0689. The van der Waals surface area contributed by atoms with Crippen molar-refractivity contribution in [3.05, 3.63) is 63.7 Å². The quantitative estimate of drug-likeness (QED) is 0.573. The first-order chi connectivity index (χ1) is 12.3. The minimum Gasteiger partial charge on any atom is -0.325 e. The third-order valence-electron chi connectivity index (χ3n) is 4.32. The van der Waals surface area contributed by atoms with Crippen molar-refractivity contribution in [2.75, 3.05) is 11.1 Å². The van der Waals surface area contributed by atoms with E-state index >= 15 is 0 Å². The van der Waals surface area contributed by atoms with Gasteiger partial charge in [0.25, 0.3) is 0 Å². The van der Waals surface area contributed by atoms with Crippen LogP contribution in [0.1, 0.15) is 22.3 Å². The third kappa shape index (κ3) is 4.02. The molecular weight excluding hydrogens is 364 g/mol. The molecule has 2 aromatic carbocycles. The number of anilines is 1. The van der Waals surface area contributed by atoms with Gasteiger partial charge in [0.15, 0.2) is 0 Å². The highest BCUT2D eigenvalue weighted by Crippen LogP contribution is 2.27. The molecule has 0 radical (unpaired) electrons. The summed E-state index contributed by atoms with van der Waals surface area (Å²) in [6, 6.07) is 11.8. The van der Waals surface area contributed by atoms with Crippen LogP contribution >= 0.6 is 23.4 Å². The van der Waals surface area contributed by atoms with Gasteiger partial charge < -0.3 is 5.32 Å². The van der Waals surface area contributed by atoms with Crippen LogP contribution in [0.15, 0.2) is 41.4 Å². The average Bonchev–Trinajstić information content (AvgIpc) is 2.58. The Labute approximate surface area is 163 Å². The number of benzene rings is 2. The molecule has 3 nitrogen and oxygen atoms in total. The average molecular weight is 385 g/mol. The Morgan fingerprint density at radius 1 is 1.12 bits per heavy atom. The van der Waals surface area contributed by atoms with Gasteiger partial charge in [-0.3, -0.25) is 4.79 Å². The number of hydrogen-bond acceptors (Lipinski definition) is 3. The van der Waals surface area contributed by atoms with E-state index in [9.17, 15) is 4.79 Å². The fourth-order valence-electron chi connectivity index (χ4n) is 2.96. The number of rotatable bonds is 4. The number of amides is 1. The highest BCUT2D eigenvalue weighted by molar-refractivity contribution is 7.99. The number of hydrogen-bond donors (Lipinski definition) is 1. The number of nitrogens with zero attached hydrogens (tertiary/aromatic N) is 1. The van der Waals surface area contributed by atoms with Gasteiger partial charge in [0.1, 0.15) is 0 Å². The van der Waals surface area contributed by atoms with Crippen LogP contribution < -0.4 is 5.32 Å². The Bertz CT molecular complexity index is 1000. The molecule has 0 bridgehead atoms. The zero-order valence-corrected chi connectivity index (χ0v) is 16.9. The maximum absolute atomic E-state index is 12.3. The molecule has 0 atom stereocenters. The van der Waals surface area contributed by atoms with Crippen LogP contribution in [0.5, 0.6) is 0 Å². The normalized spacial score (nSPS) is 11.0. The fraction of sp³-hybridized carbons (Fsp3) is 0.238. The second-order valence-electron chi connectivity index (χ2n) is 6.50. The van der Waals surface area contributed by atoms with Crippen LogP contribution in [0.2, 0.25) is 5.02 Å². The maximum atomic E-state index is 12.3. The van der Waals surface area contributed by atoms with Crippen LogP contribution in [0, 0.1) is 27.7 Å². The van der Waals surface area contributed by atoms with E-state index in [2.05, 4.69) is 38.2 Å². The van der Waals surface area contributed by atoms with Gasteiger partial charge in [-0.25, -0.2) is 4.98 Å². The van der Waals surface area contributed by atoms with Gasteiger partial charge in [0, 0.05) is 16.1 Å². The molecule has 0 spiro atoms. The molecule has 0 fully saturated rings. The topological polar surface area (TPSA) is 42.0 Å². The van der Waals surface area contributed by atoms with Crippen LogP contribution in [-0.4, -0.2) is 16.6 Å². The number of pyridine rings is 1. The molecular formula is C21H21ClN2OS. The van der Waals surface area contributed by atoms with Crippen molar-refractivity contribution >= 4 is 45.9 Å². The Morgan fingerprint density at radius 3 is 2.65 bits per heavy atom. The summed E-state index contributed by atoms with van der Waals surface area (Å²) in [5, 5.41) is 5.60. The smallest absolute Gasteiger partial charge is 0.234 e. The van der Waals surface area contributed by atoms with Crippen molar-refractivity contribution in [2.24, 2.45) is 0 Å². The van der Waals surface area contributed by atoms with Crippen molar-refractivity contribution < 1.29 is 4.79 Å². The van der Waals surface area contributed by atoms with Gasteiger partial charge in [0.05, 0.1) is 16.3 Å². The van der Waals surface area contributed by atoms with E-state index < -0.39 is 0 Å². The Balaban J connectivity index is 1.75. The molecule has 1 amide bonds. The van der Waals surface area contributed by atoms with Crippen molar-refractivity contribution in [3.8, 4) is 0 Å². The molecule has 0 unspecified atom stereocenters. The Hall–Kier alpha value is -2.04. The van der Waals surface area contributed by atoms with Gasteiger partial charge in [-0.1, -0.05) is 41.1 Å². The molecule has 0 aliphatic carbocycles. The van der Waals surface area contributed by atoms with Gasteiger partial charge in [0.2, 0.25) is 5.91 Å². The summed E-state index contributed by atoms with van der Waals surface area (Å²) in [4.78, 5) is 17.1. The second-order valence-corrected chi connectivity index (χ2v) is 7.91. The van der Waals surface area contributed by atoms with E-state index in [1.165, 1.54) is 28.3 Å². The first-order valence-electron chi connectivity index (χ1n) is 8.41. The lowest BCUT2D eigenvalue weighted by Crippen LogP contribution is -2.15. The van der Waals surface area contributed by atoms with Crippen LogP contribution in [-0.2, 0) is 4.79 Å². The lowest BCUT2D eigenvalue weighted by atomic mass is 10.0. The summed E-state index contributed by atoms with van der Waals surface area (Å²) in [6.07, 6.45) is 0. The molecule has 1 N–H and O–H groups in total. The summed E-state index contributed by atoms with van der Waals surface area (Å²) in [5.41, 5.74) is 6.19.